The fourth-order valence-corrected chi connectivity index (χ4v) is 1.95. The molecule has 0 unspecified atom stereocenters. The van der Waals surface area contributed by atoms with Gasteiger partial charge in [0.15, 0.2) is 5.13 Å². The molecule has 1 saturated carbocycles. The minimum atomic E-state index is 0.721. The van der Waals surface area contributed by atoms with Gasteiger partial charge in [0.25, 0.3) is 0 Å². The summed E-state index contributed by atoms with van der Waals surface area (Å²) in [6.45, 7) is 2.10. The average Bonchev–Trinajstić information content (AvgIpc) is 2.64. The summed E-state index contributed by atoms with van der Waals surface area (Å²) in [5.41, 5.74) is 6.81. The summed E-state index contributed by atoms with van der Waals surface area (Å²) in [6.07, 6.45) is 3.92. The second kappa shape index (κ2) is 2.48. The lowest BCUT2D eigenvalue weighted by Gasteiger charge is -1.92. The first-order valence-corrected chi connectivity index (χ1v) is 4.79. The van der Waals surface area contributed by atoms with Crippen LogP contribution in [0.1, 0.15) is 23.4 Å². The van der Waals surface area contributed by atoms with Gasteiger partial charge in [-0.15, -0.1) is 11.3 Å². The van der Waals surface area contributed by atoms with E-state index in [2.05, 4.69) is 11.9 Å². The van der Waals surface area contributed by atoms with Gasteiger partial charge in [0.2, 0.25) is 0 Å². The summed E-state index contributed by atoms with van der Waals surface area (Å²) in [6, 6.07) is 0. The first-order chi connectivity index (χ1) is 5.25. The SMILES string of the molecule is Cc1sc(N)nc1CC1CC1. The van der Waals surface area contributed by atoms with Crippen molar-refractivity contribution in [2.75, 3.05) is 5.73 Å². The smallest absolute Gasteiger partial charge is 0.180 e. The lowest BCUT2D eigenvalue weighted by Crippen LogP contribution is -1.90. The van der Waals surface area contributed by atoms with Crippen molar-refractivity contribution in [2.24, 2.45) is 5.92 Å². The van der Waals surface area contributed by atoms with Gasteiger partial charge >= 0.3 is 0 Å². The number of anilines is 1. The van der Waals surface area contributed by atoms with E-state index in [0.717, 1.165) is 17.5 Å². The van der Waals surface area contributed by atoms with Crippen LogP contribution in [0.25, 0.3) is 0 Å². The molecule has 1 aliphatic rings. The van der Waals surface area contributed by atoms with Crippen LogP contribution < -0.4 is 5.73 Å². The molecule has 2 rings (SSSR count). The van der Waals surface area contributed by atoms with Crippen LogP contribution in [-0.2, 0) is 6.42 Å². The Morgan fingerprint density at radius 2 is 2.36 bits per heavy atom. The van der Waals surface area contributed by atoms with Crippen molar-refractivity contribution in [3.8, 4) is 0 Å². The molecule has 2 N–H and O–H groups in total. The minimum absolute atomic E-state index is 0.721. The number of hydrogen-bond acceptors (Lipinski definition) is 3. The molecule has 1 aromatic heterocycles. The topological polar surface area (TPSA) is 38.9 Å². The quantitative estimate of drug-likeness (QED) is 0.733. The monoisotopic (exact) mass is 168 g/mol. The maximum Gasteiger partial charge on any atom is 0.180 e. The first-order valence-electron chi connectivity index (χ1n) is 3.97. The maximum absolute atomic E-state index is 5.58. The molecular weight excluding hydrogens is 156 g/mol. The van der Waals surface area contributed by atoms with E-state index in [4.69, 9.17) is 5.73 Å². The van der Waals surface area contributed by atoms with Gasteiger partial charge < -0.3 is 5.73 Å². The van der Waals surface area contributed by atoms with E-state index in [9.17, 15) is 0 Å². The van der Waals surface area contributed by atoms with E-state index in [1.807, 2.05) is 0 Å². The molecule has 0 atom stereocenters. The molecule has 0 radical (unpaired) electrons. The third-order valence-corrected chi connectivity index (χ3v) is 2.93. The highest BCUT2D eigenvalue weighted by molar-refractivity contribution is 7.15. The van der Waals surface area contributed by atoms with E-state index >= 15 is 0 Å². The highest BCUT2D eigenvalue weighted by atomic mass is 32.1. The number of hydrogen-bond donors (Lipinski definition) is 1. The molecule has 0 aliphatic heterocycles. The van der Waals surface area contributed by atoms with Crippen molar-refractivity contribution in [2.45, 2.75) is 26.2 Å². The zero-order valence-electron chi connectivity index (χ0n) is 6.63. The predicted molar refractivity (Wildman–Crippen MR) is 47.7 cm³/mol. The molecule has 1 aromatic rings. The third kappa shape index (κ3) is 1.53. The Bertz CT molecular complexity index is 263. The van der Waals surface area contributed by atoms with Crippen LogP contribution in [0.5, 0.6) is 0 Å². The molecule has 0 saturated heterocycles. The highest BCUT2D eigenvalue weighted by Gasteiger charge is 2.23. The molecule has 1 fully saturated rings. The maximum atomic E-state index is 5.58. The second-order valence-electron chi connectivity index (χ2n) is 3.20. The Labute approximate surface area is 70.5 Å². The lowest BCUT2D eigenvalue weighted by atomic mass is 10.2. The molecule has 2 nitrogen and oxygen atoms in total. The molecule has 1 heterocycles. The minimum Gasteiger partial charge on any atom is -0.375 e. The molecule has 0 bridgehead atoms. The summed E-state index contributed by atoms with van der Waals surface area (Å²) >= 11 is 1.61. The van der Waals surface area contributed by atoms with Crippen LogP contribution in [-0.4, -0.2) is 4.98 Å². The van der Waals surface area contributed by atoms with E-state index in [-0.39, 0.29) is 0 Å². The number of aromatic nitrogens is 1. The Kier molecular flexibility index (Phi) is 1.60. The molecule has 60 valence electrons. The Morgan fingerprint density at radius 3 is 2.82 bits per heavy atom. The van der Waals surface area contributed by atoms with E-state index < -0.39 is 0 Å². The van der Waals surface area contributed by atoms with Gasteiger partial charge in [-0.2, -0.15) is 0 Å². The van der Waals surface area contributed by atoms with Gasteiger partial charge in [-0.3, -0.25) is 0 Å². The summed E-state index contributed by atoms with van der Waals surface area (Å²) in [5, 5.41) is 0.721. The van der Waals surface area contributed by atoms with Crippen LogP contribution >= 0.6 is 11.3 Å². The molecule has 0 spiro atoms. The second-order valence-corrected chi connectivity index (χ2v) is 4.44. The molecule has 0 amide bonds. The Hall–Kier alpha value is -0.570. The average molecular weight is 168 g/mol. The largest absolute Gasteiger partial charge is 0.375 e. The van der Waals surface area contributed by atoms with Gasteiger partial charge in [-0.05, 0) is 32.1 Å². The van der Waals surface area contributed by atoms with Crippen molar-refractivity contribution < 1.29 is 0 Å². The van der Waals surface area contributed by atoms with Crippen LogP contribution in [0.3, 0.4) is 0 Å². The Morgan fingerprint density at radius 1 is 1.64 bits per heavy atom. The predicted octanol–water partition coefficient (Wildman–Crippen LogP) is 1.99. The standard InChI is InChI=1S/C8H12N2S/c1-5-7(4-6-2-3-6)10-8(9)11-5/h6H,2-4H2,1H3,(H2,9,10). The Balaban J connectivity index is 2.14. The zero-order chi connectivity index (χ0) is 7.84. The summed E-state index contributed by atoms with van der Waals surface area (Å²) in [5.74, 6) is 0.912. The molecule has 1 aliphatic carbocycles. The van der Waals surface area contributed by atoms with Crippen molar-refractivity contribution in [1.29, 1.82) is 0 Å². The van der Waals surface area contributed by atoms with Gasteiger partial charge in [-0.25, -0.2) is 4.98 Å². The van der Waals surface area contributed by atoms with Crippen molar-refractivity contribution >= 4 is 16.5 Å². The number of thiazole rings is 1. The number of aryl methyl sites for hydroxylation is 1. The van der Waals surface area contributed by atoms with Crippen LogP contribution in [0, 0.1) is 12.8 Å². The first kappa shape index (κ1) is 7.10. The lowest BCUT2D eigenvalue weighted by molar-refractivity contribution is 0.806. The number of rotatable bonds is 2. The van der Waals surface area contributed by atoms with Gasteiger partial charge in [0.1, 0.15) is 0 Å². The van der Waals surface area contributed by atoms with Crippen molar-refractivity contribution in [1.82, 2.24) is 4.98 Å². The van der Waals surface area contributed by atoms with Gasteiger partial charge in [0.05, 0.1) is 5.69 Å². The number of nitrogens with two attached hydrogens (primary N) is 1. The molecule has 3 heteroatoms. The fraction of sp³-hybridized carbons (Fsp3) is 0.625. The highest BCUT2D eigenvalue weighted by Crippen LogP contribution is 2.34. The molecule has 0 aromatic carbocycles. The van der Waals surface area contributed by atoms with Crippen LogP contribution in [0.15, 0.2) is 0 Å². The normalized spacial score (nSPS) is 17.2. The molecule has 11 heavy (non-hydrogen) atoms. The van der Waals surface area contributed by atoms with Crippen LogP contribution in [0.4, 0.5) is 5.13 Å². The summed E-state index contributed by atoms with van der Waals surface area (Å²) in [7, 11) is 0. The summed E-state index contributed by atoms with van der Waals surface area (Å²) < 4.78 is 0. The van der Waals surface area contributed by atoms with Crippen molar-refractivity contribution in [3.05, 3.63) is 10.6 Å². The van der Waals surface area contributed by atoms with E-state index in [0.29, 0.717) is 0 Å². The van der Waals surface area contributed by atoms with Gasteiger partial charge in [-0.1, -0.05) is 0 Å². The molecular formula is C8H12N2S. The summed E-state index contributed by atoms with van der Waals surface area (Å²) in [4.78, 5) is 5.59. The fourth-order valence-electron chi connectivity index (χ4n) is 1.24. The van der Waals surface area contributed by atoms with Crippen LogP contribution in [0.2, 0.25) is 0 Å². The van der Waals surface area contributed by atoms with Gasteiger partial charge in [0, 0.05) is 4.88 Å². The number of nitrogen functional groups attached to an aromatic ring is 1. The van der Waals surface area contributed by atoms with Crippen molar-refractivity contribution in [3.63, 3.8) is 0 Å². The zero-order valence-corrected chi connectivity index (χ0v) is 7.45. The number of nitrogens with zero attached hydrogens (tertiary/aromatic N) is 1. The van der Waals surface area contributed by atoms with E-state index in [1.54, 1.807) is 11.3 Å². The third-order valence-electron chi connectivity index (χ3n) is 2.09. The van der Waals surface area contributed by atoms with E-state index in [1.165, 1.54) is 23.4 Å².